The summed E-state index contributed by atoms with van der Waals surface area (Å²) in [6.07, 6.45) is -1.61. The van der Waals surface area contributed by atoms with Crippen LogP contribution in [0.2, 0.25) is 0 Å². The smallest absolute Gasteiger partial charge is 0.467 e. The second kappa shape index (κ2) is 8.60. The van der Waals surface area contributed by atoms with Crippen molar-refractivity contribution in [3.05, 3.63) is 59.6 Å². The molecule has 0 unspecified atom stereocenters. The molecule has 2 bridgehead atoms. The van der Waals surface area contributed by atoms with Crippen molar-refractivity contribution in [2.45, 2.75) is 44.3 Å². The number of amides is 2. The molecule has 1 aromatic carbocycles. The van der Waals surface area contributed by atoms with Gasteiger partial charge in [0.05, 0.1) is 31.5 Å². The molecule has 0 radical (unpaired) electrons. The molecule has 2 aromatic rings. The second-order valence-corrected chi connectivity index (χ2v) is 7.55. The predicted octanol–water partition coefficient (Wildman–Crippen LogP) is 4.25. The summed E-state index contributed by atoms with van der Waals surface area (Å²) in [5, 5.41) is 2.81. The van der Waals surface area contributed by atoms with Gasteiger partial charge < -0.3 is 24.1 Å². The number of rotatable bonds is 5. The number of fused-ring (bicyclic) bond motifs is 2. The third-order valence-corrected chi connectivity index (χ3v) is 5.67. The van der Waals surface area contributed by atoms with Gasteiger partial charge in [-0.2, -0.15) is 0 Å². The number of furan rings is 1. The minimum atomic E-state index is -4.79. The van der Waals surface area contributed by atoms with Gasteiger partial charge >= 0.3 is 18.4 Å². The number of nitrogens with zero attached hydrogens (tertiary/aromatic N) is 1. The van der Waals surface area contributed by atoms with Gasteiger partial charge in [0.1, 0.15) is 11.5 Å². The van der Waals surface area contributed by atoms with Crippen molar-refractivity contribution in [2.24, 2.45) is 0 Å². The average Bonchev–Trinajstić information content (AvgIpc) is 3.38. The molecule has 2 atom stereocenters. The zero-order valence-electron chi connectivity index (χ0n) is 17.1. The van der Waals surface area contributed by atoms with Gasteiger partial charge in [-0.1, -0.05) is 12.1 Å². The highest BCUT2D eigenvalue weighted by Crippen LogP contribution is 2.43. The van der Waals surface area contributed by atoms with Crippen LogP contribution >= 0.6 is 0 Å². The van der Waals surface area contributed by atoms with Crippen LogP contribution in [0.3, 0.4) is 0 Å². The summed E-state index contributed by atoms with van der Waals surface area (Å²) in [7, 11) is 1.26. The molecule has 3 heterocycles. The standard InChI is InChI=1S/C22H21F3N2O5/c1-30-20(28)19-17(13-4-7-15(8-5-13)32-22(23,24)25)11-14-6-9-18(19)27(14)21(29)26-12-16-3-2-10-31-16/h2-5,7-8,10,14,18H,6,9,11-12H2,1H3,(H,26,29)/t14-,18+/m0/s1. The highest BCUT2D eigenvalue weighted by Gasteiger charge is 2.46. The van der Waals surface area contributed by atoms with Crippen LogP contribution in [0.1, 0.15) is 30.6 Å². The average molecular weight is 450 g/mol. The Morgan fingerprint density at radius 1 is 1.19 bits per heavy atom. The van der Waals surface area contributed by atoms with Gasteiger partial charge in [0.25, 0.3) is 0 Å². The number of carbonyl (C=O) groups is 2. The Kier molecular flexibility index (Phi) is 5.86. The maximum atomic E-state index is 12.9. The Morgan fingerprint density at radius 3 is 2.56 bits per heavy atom. The van der Waals surface area contributed by atoms with E-state index in [0.717, 1.165) is 0 Å². The number of urea groups is 1. The predicted molar refractivity (Wildman–Crippen MR) is 106 cm³/mol. The van der Waals surface area contributed by atoms with Gasteiger partial charge in [0, 0.05) is 6.04 Å². The van der Waals surface area contributed by atoms with Gasteiger partial charge in [-0.05, 0) is 54.7 Å². The number of hydrogen-bond donors (Lipinski definition) is 1. The summed E-state index contributed by atoms with van der Waals surface area (Å²) >= 11 is 0. The van der Waals surface area contributed by atoms with E-state index in [0.29, 0.717) is 41.7 Å². The van der Waals surface area contributed by atoms with E-state index in [4.69, 9.17) is 9.15 Å². The Balaban J connectivity index is 1.60. The number of hydrogen-bond acceptors (Lipinski definition) is 5. The van der Waals surface area contributed by atoms with Crippen molar-refractivity contribution >= 4 is 17.6 Å². The molecule has 1 saturated heterocycles. The number of methoxy groups -OCH3 is 1. The number of halogens is 3. The van der Waals surface area contributed by atoms with Crippen LogP contribution in [0.15, 0.2) is 52.7 Å². The molecule has 2 aliphatic rings. The fourth-order valence-corrected chi connectivity index (χ4v) is 4.39. The number of carbonyl (C=O) groups excluding carboxylic acids is 2. The summed E-state index contributed by atoms with van der Waals surface area (Å²) in [5.74, 6) is -0.308. The summed E-state index contributed by atoms with van der Waals surface area (Å²) in [5.41, 5.74) is 1.60. The number of esters is 1. The maximum Gasteiger partial charge on any atom is 0.573 e. The van der Waals surface area contributed by atoms with Gasteiger partial charge in [0.2, 0.25) is 0 Å². The molecule has 1 fully saturated rings. The van der Waals surface area contributed by atoms with Gasteiger partial charge in [0.15, 0.2) is 0 Å². The van der Waals surface area contributed by atoms with E-state index in [2.05, 4.69) is 10.1 Å². The first-order chi connectivity index (χ1) is 15.3. The minimum absolute atomic E-state index is 0.147. The van der Waals surface area contributed by atoms with E-state index in [1.807, 2.05) is 0 Å². The molecule has 7 nitrogen and oxygen atoms in total. The Hall–Kier alpha value is -3.43. The summed E-state index contributed by atoms with van der Waals surface area (Å²) < 4.78 is 51.5. The number of benzene rings is 1. The zero-order valence-corrected chi connectivity index (χ0v) is 17.1. The van der Waals surface area contributed by atoms with Crippen LogP contribution in [-0.2, 0) is 16.1 Å². The number of alkyl halides is 3. The largest absolute Gasteiger partial charge is 0.573 e. The fourth-order valence-electron chi connectivity index (χ4n) is 4.39. The first-order valence-electron chi connectivity index (χ1n) is 10.0. The highest BCUT2D eigenvalue weighted by molar-refractivity contribution is 6.01. The molecule has 2 aliphatic heterocycles. The third kappa shape index (κ3) is 4.44. The van der Waals surface area contributed by atoms with Crippen molar-refractivity contribution < 1.29 is 36.7 Å². The molecule has 2 amide bonds. The Labute approximate surface area is 181 Å². The molecule has 4 rings (SSSR count). The fraction of sp³-hybridized carbons (Fsp3) is 0.364. The maximum absolute atomic E-state index is 12.9. The van der Waals surface area contributed by atoms with E-state index in [-0.39, 0.29) is 24.4 Å². The normalized spacial score (nSPS) is 20.3. The molecule has 0 spiro atoms. The molecule has 0 aliphatic carbocycles. The molecular formula is C22H21F3N2O5. The van der Waals surface area contributed by atoms with E-state index in [9.17, 15) is 22.8 Å². The van der Waals surface area contributed by atoms with E-state index in [1.54, 1.807) is 17.0 Å². The summed E-state index contributed by atoms with van der Waals surface area (Å²) in [6, 6.07) is 7.88. The van der Waals surface area contributed by atoms with E-state index < -0.39 is 18.4 Å². The first kappa shape index (κ1) is 21.8. The topological polar surface area (TPSA) is 81.0 Å². The molecule has 0 saturated carbocycles. The monoisotopic (exact) mass is 450 g/mol. The Bertz CT molecular complexity index is 1020. The van der Waals surface area contributed by atoms with Crippen molar-refractivity contribution in [3.8, 4) is 5.75 Å². The molecule has 32 heavy (non-hydrogen) atoms. The lowest BCUT2D eigenvalue weighted by Crippen LogP contribution is -2.50. The third-order valence-electron chi connectivity index (χ3n) is 5.67. The van der Waals surface area contributed by atoms with Crippen molar-refractivity contribution in [2.75, 3.05) is 7.11 Å². The van der Waals surface area contributed by atoms with Gasteiger partial charge in [-0.25, -0.2) is 9.59 Å². The van der Waals surface area contributed by atoms with Crippen LogP contribution in [0.4, 0.5) is 18.0 Å². The molecule has 10 heteroatoms. The van der Waals surface area contributed by atoms with E-state index >= 15 is 0 Å². The van der Waals surface area contributed by atoms with Gasteiger partial charge in [-0.3, -0.25) is 0 Å². The number of ether oxygens (including phenoxy) is 2. The lowest BCUT2D eigenvalue weighted by Gasteiger charge is -2.37. The van der Waals surface area contributed by atoms with Gasteiger partial charge in [-0.15, -0.1) is 13.2 Å². The Morgan fingerprint density at radius 2 is 1.94 bits per heavy atom. The molecule has 170 valence electrons. The highest BCUT2D eigenvalue weighted by atomic mass is 19.4. The van der Waals surface area contributed by atoms with Crippen LogP contribution in [0, 0.1) is 0 Å². The van der Waals surface area contributed by atoms with Crippen LogP contribution in [0.5, 0.6) is 5.75 Å². The summed E-state index contributed by atoms with van der Waals surface area (Å²) in [6.45, 7) is 0.215. The first-order valence-corrected chi connectivity index (χ1v) is 10.0. The molecule has 1 N–H and O–H groups in total. The van der Waals surface area contributed by atoms with Crippen molar-refractivity contribution in [3.63, 3.8) is 0 Å². The second-order valence-electron chi connectivity index (χ2n) is 7.55. The van der Waals surface area contributed by atoms with Crippen LogP contribution < -0.4 is 10.1 Å². The molecular weight excluding hydrogens is 429 g/mol. The quantitative estimate of drug-likeness (QED) is 0.689. The van der Waals surface area contributed by atoms with Crippen molar-refractivity contribution in [1.82, 2.24) is 10.2 Å². The number of nitrogens with one attached hydrogen (secondary N) is 1. The van der Waals surface area contributed by atoms with E-state index in [1.165, 1.54) is 37.6 Å². The lowest BCUT2D eigenvalue weighted by atomic mass is 9.88. The zero-order chi connectivity index (χ0) is 22.9. The lowest BCUT2D eigenvalue weighted by molar-refractivity contribution is -0.274. The molecule has 1 aromatic heterocycles. The van der Waals surface area contributed by atoms with Crippen LogP contribution in [-0.4, -0.2) is 42.5 Å². The SMILES string of the molecule is COC(=O)C1=C(c2ccc(OC(F)(F)F)cc2)C[C@@H]2CC[C@H]1N2C(=O)NCc1ccco1. The minimum Gasteiger partial charge on any atom is -0.467 e. The van der Waals surface area contributed by atoms with Crippen molar-refractivity contribution in [1.29, 1.82) is 0 Å². The summed E-state index contributed by atoms with van der Waals surface area (Å²) in [4.78, 5) is 27.2. The van der Waals surface area contributed by atoms with Crippen LogP contribution in [0.25, 0.3) is 5.57 Å².